The summed E-state index contributed by atoms with van der Waals surface area (Å²) in [7, 11) is 0. The molecule has 2 rings (SSSR count). The van der Waals surface area contributed by atoms with Crippen LogP contribution in [-0.2, 0) is 0 Å². The van der Waals surface area contributed by atoms with Crippen LogP contribution >= 0.6 is 11.3 Å². The van der Waals surface area contributed by atoms with Gasteiger partial charge in [-0.1, -0.05) is 25.2 Å². The first-order chi connectivity index (χ1) is 8.58. The first kappa shape index (κ1) is 13.1. The number of rotatable bonds is 4. The van der Waals surface area contributed by atoms with Crippen LogP contribution < -0.4 is 16.0 Å². The maximum absolute atomic E-state index is 12.0. The Morgan fingerprint density at radius 3 is 2.78 bits per heavy atom. The molecule has 0 atom stereocenters. The highest BCUT2D eigenvalue weighted by molar-refractivity contribution is 7.18. The molecule has 0 aliphatic carbocycles. The van der Waals surface area contributed by atoms with Crippen molar-refractivity contribution in [3.8, 4) is 0 Å². The number of hydrogen-bond acceptors (Lipinski definition) is 5. The van der Waals surface area contributed by atoms with Gasteiger partial charge in [0.05, 0.1) is 0 Å². The third-order valence-electron chi connectivity index (χ3n) is 2.90. The smallest absolute Gasteiger partial charge is 0.265 e. The van der Waals surface area contributed by atoms with E-state index >= 15 is 0 Å². The maximum Gasteiger partial charge on any atom is 0.265 e. The number of nitrogens with zero attached hydrogens (tertiary/aromatic N) is 2. The fraction of sp³-hybridized carbons (Fsp3) is 0.667. The normalized spacial score (nSPS) is 15.4. The van der Waals surface area contributed by atoms with Gasteiger partial charge in [0, 0.05) is 19.6 Å². The number of nitrogens with one attached hydrogen (secondary N) is 1. The van der Waals surface area contributed by atoms with Crippen molar-refractivity contribution >= 4 is 28.2 Å². The molecule has 1 aromatic heterocycles. The monoisotopic (exact) mass is 268 g/mol. The molecule has 0 spiro atoms. The summed E-state index contributed by atoms with van der Waals surface area (Å²) in [6.07, 6.45) is 2.38. The predicted molar refractivity (Wildman–Crippen MR) is 75.1 cm³/mol. The molecule has 18 heavy (non-hydrogen) atoms. The van der Waals surface area contributed by atoms with Crippen molar-refractivity contribution in [2.75, 3.05) is 30.3 Å². The summed E-state index contributed by atoms with van der Waals surface area (Å²) in [6.45, 7) is 6.81. The molecule has 3 N–H and O–H groups in total. The SMILES string of the molecule is CC(C)CNC(=O)c1sc(N2CCCC2)nc1N. The number of nitrogen functional groups attached to an aromatic ring is 1. The molecular formula is C12H20N4OS. The van der Waals surface area contributed by atoms with Gasteiger partial charge in [0.2, 0.25) is 0 Å². The van der Waals surface area contributed by atoms with E-state index in [-0.39, 0.29) is 5.91 Å². The molecule has 1 aliphatic rings. The van der Waals surface area contributed by atoms with E-state index < -0.39 is 0 Å². The lowest BCUT2D eigenvalue weighted by Crippen LogP contribution is -2.27. The van der Waals surface area contributed by atoms with Crippen LogP contribution in [0.1, 0.15) is 36.4 Å². The fourth-order valence-corrected chi connectivity index (χ4v) is 2.86. The second kappa shape index (κ2) is 5.56. The van der Waals surface area contributed by atoms with Crippen LogP contribution in [0.15, 0.2) is 0 Å². The Balaban J connectivity index is 2.06. The van der Waals surface area contributed by atoms with Crippen LogP contribution in [0.2, 0.25) is 0 Å². The molecule has 0 saturated carbocycles. The Hall–Kier alpha value is -1.30. The van der Waals surface area contributed by atoms with Gasteiger partial charge in [-0.2, -0.15) is 0 Å². The number of thiazole rings is 1. The van der Waals surface area contributed by atoms with Crippen molar-refractivity contribution in [2.24, 2.45) is 5.92 Å². The Bertz CT molecular complexity index is 424. The molecule has 1 amide bonds. The summed E-state index contributed by atoms with van der Waals surface area (Å²) in [4.78, 5) is 19.0. The van der Waals surface area contributed by atoms with Crippen molar-refractivity contribution in [1.82, 2.24) is 10.3 Å². The number of hydrogen-bond donors (Lipinski definition) is 2. The Morgan fingerprint density at radius 1 is 1.50 bits per heavy atom. The third-order valence-corrected chi connectivity index (χ3v) is 4.03. The van der Waals surface area contributed by atoms with E-state index in [4.69, 9.17) is 5.73 Å². The van der Waals surface area contributed by atoms with E-state index in [1.807, 2.05) is 0 Å². The third kappa shape index (κ3) is 2.93. The lowest BCUT2D eigenvalue weighted by atomic mass is 10.2. The summed E-state index contributed by atoms with van der Waals surface area (Å²) in [5, 5.41) is 3.75. The predicted octanol–water partition coefficient (Wildman–Crippen LogP) is 1.71. The zero-order valence-corrected chi connectivity index (χ0v) is 11.7. The first-order valence-electron chi connectivity index (χ1n) is 6.37. The van der Waals surface area contributed by atoms with Crippen LogP contribution in [0.4, 0.5) is 10.9 Å². The van der Waals surface area contributed by atoms with Gasteiger partial charge in [0.25, 0.3) is 5.91 Å². The van der Waals surface area contributed by atoms with E-state index in [1.165, 1.54) is 24.2 Å². The maximum atomic E-state index is 12.0. The molecule has 6 heteroatoms. The Morgan fingerprint density at radius 2 is 2.17 bits per heavy atom. The van der Waals surface area contributed by atoms with Gasteiger partial charge < -0.3 is 16.0 Å². The van der Waals surface area contributed by atoms with Gasteiger partial charge in [-0.25, -0.2) is 4.98 Å². The van der Waals surface area contributed by atoms with Crippen LogP contribution in [0.3, 0.4) is 0 Å². The highest BCUT2D eigenvalue weighted by Crippen LogP contribution is 2.30. The van der Waals surface area contributed by atoms with Crippen LogP contribution in [0, 0.1) is 5.92 Å². The second-order valence-electron chi connectivity index (χ2n) is 5.01. The van der Waals surface area contributed by atoms with Crippen molar-refractivity contribution in [3.63, 3.8) is 0 Å². The van der Waals surface area contributed by atoms with E-state index in [2.05, 4.69) is 29.0 Å². The summed E-state index contributed by atoms with van der Waals surface area (Å²) in [5.74, 6) is 0.674. The average molecular weight is 268 g/mol. The molecule has 5 nitrogen and oxygen atoms in total. The minimum atomic E-state index is -0.107. The largest absolute Gasteiger partial charge is 0.382 e. The van der Waals surface area contributed by atoms with Crippen molar-refractivity contribution in [3.05, 3.63) is 4.88 Å². The minimum absolute atomic E-state index is 0.107. The van der Waals surface area contributed by atoms with Gasteiger partial charge >= 0.3 is 0 Å². The van der Waals surface area contributed by atoms with Gasteiger partial charge in [-0.05, 0) is 18.8 Å². The van der Waals surface area contributed by atoms with E-state index in [9.17, 15) is 4.79 Å². The van der Waals surface area contributed by atoms with E-state index in [0.29, 0.717) is 23.2 Å². The number of carbonyl (C=O) groups excluding carboxylic acids is 1. The van der Waals surface area contributed by atoms with Crippen LogP contribution in [0.25, 0.3) is 0 Å². The molecule has 0 radical (unpaired) electrons. The summed E-state index contributed by atoms with van der Waals surface area (Å²) in [6, 6.07) is 0. The highest BCUT2D eigenvalue weighted by atomic mass is 32.1. The number of anilines is 2. The van der Waals surface area contributed by atoms with E-state index in [0.717, 1.165) is 18.2 Å². The average Bonchev–Trinajstić information content (AvgIpc) is 2.94. The van der Waals surface area contributed by atoms with Crippen molar-refractivity contribution in [1.29, 1.82) is 0 Å². The summed E-state index contributed by atoms with van der Waals surface area (Å²) < 4.78 is 0. The molecule has 0 bridgehead atoms. The Labute approximate surface area is 111 Å². The number of aromatic nitrogens is 1. The van der Waals surface area contributed by atoms with Gasteiger partial charge in [0.1, 0.15) is 10.7 Å². The van der Waals surface area contributed by atoms with Gasteiger partial charge in [0.15, 0.2) is 5.13 Å². The molecule has 1 saturated heterocycles. The molecular weight excluding hydrogens is 248 g/mol. The standard InChI is InChI=1S/C12H20N4OS/c1-8(2)7-14-11(17)9-10(13)15-12(18-9)16-5-3-4-6-16/h8H,3-7,13H2,1-2H3,(H,14,17). The minimum Gasteiger partial charge on any atom is -0.382 e. The zero-order valence-electron chi connectivity index (χ0n) is 10.9. The summed E-state index contributed by atoms with van der Waals surface area (Å²) >= 11 is 1.39. The first-order valence-corrected chi connectivity index (χ1v) is 7.19. The zero-order chi connectivity index (χ0) is 13.1. The molecule has 2 heterocycles. The second-order valence-corrected chi connectivity index (χ2v) is 5.99. The topological polar surface area (TPSA) is 71.2 Å². The van der Waals surface area contributed by atoms with Gasteiger partial charge in [-0.3, -0.25) is 4.79 Å². The lowest BCUT2D eigenvalue weighted by Gasteiger charge is -2.11. The fourth-order valence-electron chi connectivity index (χ4n) is 1.90. The van der Waals surface area contributed by atoms with E-state index in [1.54, 1.807) is 0 Å². The lowest BCUT2D eigenvalue weighted by molar-refractivity contribution is 0.0953. The van der Waals surface area contributed by atoms with Crippen molar-refractivity contribution in [2.45, 2.75) is 26.7 Å². The highest BCUT2D eigenvalue weighted by Gasteiger charge is 2.21. The quantitative estimate of drug-likeness (QED) is 0.872. The molecule has 1 aliphatic heterocycles. The number of carbonyl (C=O) groups is 1. The number of amides is 1. The molecule has 0 aromatic carbocycles. The number of nitrogens with two attached hydrogens (primary N) is 1. The van der Waals surface area contributed by atoms with Crippen LogP contribution in [0.5, 0.6) is 0 Å². The molecule has 100 valence electrons. The molecule has 0 unspecified atom stereocenters. The summed E-state index contributed by atoms with van der Waals surface area (Å²) in [5.41, 5.74) is 5.83. The molecule has 1 aromatic rings. The van der Waals surface area contributed by atoms with Crippen molar-refractivity contribution < 1.29 is 4.79 Å². The van der Waals surface area contributed by atoms with Gasteiger partial charge in [-0.15, -0.1) is 0 Å². The molecule has 1 fully saturated rings. The Kier molecular flexibility index (Phi) is 4.06. The van der Waals surface area contributed by atoms with Crippen LogP contribution in [-0.4, -0.2) is 30.5 Å².